The standard InChI is InChI=1S/C28H17NS/c1-2-10-19-18(8-1)9-7-14-23(19)29-24-13-5-3-12-22(24)27-25(29)17-16-21-20-11-4-6-15-26(20)30-28(21)27/h1-17H. The number of para-hydroxylation sites is 1. The second-order valence-corrected chi connectivity index (χ2v) is 8.84. The first-order chi connectivity index (χ1) is 14.9. The summed E-state index contributed by atoms with van der Waals surface area (Å²) >= 11 is 1.90. The summed E-state index contributed by atoms with van der Waals surface area (Å²) < 4.78 is 5.17. The Kier molecular flexibility index (Phi) is 3.21. The van der Waals surface area contributed by atoms with E-state index >= 15 is 0 Å². The van der Waals surface area contributed by atoms with Gasteiger partial charge in [-0.2, -0.15) is 0 Å². The third-order valence-corrected chi connectivity index (χ3v) is 7.39. The Morgan fingerprint density at radius 2 is 1.23 bits per heavy atom. The predicted molar refractivity (Wildman–Crippen MR) is 131 cm³/mol. The van der Waals surface area contributed by atoms with E-state index in [-0.39, 0.29) is 0 Å². The van der Waals surface area contributed by atoms with Crippen molar-refractivity contribution in [1.82, 2.24) is 4.57 Å². The average molecular weight is 400 g/mol. The topological polar surface area (TPSA) is 4.93 Å². The van der Waals surface area contributed by atoms with Crippen LogP contribution in [0.15, 0.2) is 103 Å². The minimum Gasteiger partial charge on any atom is -0.309 e. The zero-order valence-corrected chi connectivity index (χ0v) is 17.0. The fraction of sp³-hybridized carbons (Fsp3) is 0. The monoisotopic (exact) mass is 399 g/mol. The minimum absolute atomic E-state index is 1.24. The van der Waals surface area contributed by atoms with E-state index in [1.807, 2.05) is 11.3 Å². The highest BCUT2D eigenvalue weighted by atomic mass is 32.1. The average Bonchev–Trinajstić information content (AvgIpc) is 3.34. The van der Waals surface area contributed by atoms with E-state index in [9.17, 15) is 0 Å². The van der Waals surface area contributed by atoms with E-state index in [1.54, 1.807) is 0 Å². The van der Waals surface area contributed by atoms with Crippen molar-refractivity contribution in [3.8, 4) is 5.69 Å². The van der Waals surface area contributed by atoms with Crippen molar-refractivity contribution >= 4 is 64.1 Å². The molecule has 0 atom stereocenters. The van der Waals surface area contributed by atoms with Gasteiger partial charge in [-0.15, -0.1) is 11.3 Å². The van der Waals surface area contributed by atoms with E-state index in [2.05, 4.69) is 108 Å². The zero-order chi connectivity index (χ0) is 19.7. The minimum atomic E-state index is 1.24. The molecular formula is C28H17NS. The molecule has 0 aliphatic rings. The molecule has 0 N–H and O–H groups in total. The Hall–Kier alpha value is -3.62. The Labute approximate surface area is 177 Å². The van der Waals surface area contributed by atoms with Gasteiger partial charge in [-0.05, 0) is 29.7 Å². The van der Waals surface area contributed by atoms with E-state index in [0.29, 0.717) is 0 Å². The summed E-state index contributed by atoms with van der Waals surface area (Å²) in [7, 11) is 0. The fourth-order valence-electron chi connectivity index (χ4n) is 4.90. The van der Waals surface area contributed by atoms with Crippen LogP contribution in [-0.2, 0) is 0 Å². The molecule has 0 spiro atoms. The van der Waals surface area contributed by atoms with Crippen LogP contribution in [0.25, 0.3) is 58.4 Å². The lowest BCUT2D eigenvalue weighted by Crippen LogP contribution is -1.94. The fourth-order valence-corrected chi connectivity index (χ4v) is 6.16. The van der Waals surface area contributed by atoms with Gasteiger partial charge in [0, 0.05) is 36.3 Å². The first-order valence-corrected chi connectivity index (χ1v) is 11.0. The first kappa shape index (κ1) is 16.2. The summed E-state index contributed by atoms with van der Waals surface area (Å²) in [6, 6.07) is 37.4. The smallest absolute Gasteiger partial charge is 0.0556 e. The third-order valence-electron chi connectivity index (χ3n) is 6.19. The maximum Gasteiger partial charge on any atom is 0.0556 e. The summed E-state index contributed by atoms with van der Waals surface area (Å²) in [6.45, 7) is 0. The molecular weight excluding hydrogens is 382 g/mol. The molecule has 5 aromatic carbocycles. The number of rotatable bonds is 1. The molecule has 0 amide bonds. The number of fused-ring (bicyclic) bond motifs is 8. The van der Waals surface area contributed by atoms with Crippen molar-refractivity contribution in [3.05, 3.63) is 103 Å². The van der Waals surface area contributed by atoms with Gasteiger partial charge >= 0.3 is 0 Å². The summed E-state index contributed by atoms with van der Waals surface area (Å²) in [4.78, 5) is 0. The molecule has 0 aliphatic carbocycles. The van der Waals surface area contributed by atoms with Crippen molar-refractivity contribution in [2.75, 3.05) is 0 Å². The number of nitrogens with zero attached hydrogens (tertiary/aromatic N) is 1. The van der Waals surface area contributed by atoms with Crippen molar-refractivity contribution < 1.29 is 0 Å². The number of thiophene rings is 1. The molecule has 140 valence electrons. The summed E-state index contributed by atoms with van der Waals surface area (Å²) in [5, 5.41) is 7.92. The quantitative estimate of drug-likeness (QED) is 0.262. The number of hydrogen-bond donors (Lipinski definition) is 0. The second kappa shape index (κ2) is 5.94. The van der Waals surface area contributed by atoms with E-state index < -0.39 is 0 Å². The van der Waals surface area contributed by atoms with Crippen LogP contribution in [0.5, 0.6) is 0 Å². The Bertz CT molecular complexity index is 1740. The molecule has 7 rings (SSSR count). The van der Waals surface area contributed by atoms with Crippen LogP contribution < -0.4 is 0 Å². The van der Waals surface area contributed by atoms with Crippen molar-refractivity contribution in [1.29, 1.82) is 0 Å². The van der Waals surface area contributed by atoms with Crippen LogP contribution in [0.2, 0.25) is 0 Å². The van der Waals surface area contributed by atoms with E-state index in [1.165, 1.54) is 58.4 Å². The highest BCUT2D eigenvalue weighted by molar-refractivity contribution is 7.26. The van der Waals surface area contributed by atoms with Gasteiger partial charge in [0.15, 0.2) is 0 Å². The largest absolute Gasteiger partial charge is 0.309 e. The summed E-state index contributed by atoms with van der Waals surface area (Å²) in [5.74, 6) is 0. The van der Waals surface area contributed by atoms with Crippen LogP contribution in [-0.4, -0.2) is 4.57 Å². The van der Waals surface area contributed by atoms with Gasteiger partial charge in [0.25, 0.3) is 0 Å². The van der Waals surface area contributed by atoms with Gasteiger partial charge in [0.2, 0.25) is 0 Å². The molecule has 0 bridgehead atoms. The lowest BCUT2D eigenvalue weighted by molar-refractivity contribution is 1.20. The Balaban J connectivity index is 1.73. The molecule has 0 radical (unpaired) electrons. The van der Waals surface area contributed by atoms with Gasteiger partial charge < -0.3 is 4.57 Å². The summed E-state index contributed by atoms with van der Waals surface area (Å²) in [6.07, 6.45) is 0. The van der Waals surface area contributed by atoms with Gasteiger partial charge in [-0.25, -0.2) is 0 Å². The highest BCUT2D eigenvalue weighted by Gasteiger charge is 2.17. The number of benzene rings is 5. The molecule has 0 unspecified atom stereocenters. The molecule has 0 aliphatic heterocycles. The van der Waals surface area contributed by atoms with Gasteiger partial charge in [0.1, 0.15) is 0 Å². The molecule has 7 aromatic rings. The molecule has 0 saturated heterocycles. The van der Waals surface area contributed by atoms with Crippen LogP contribution in [0.3, 0.4) is 0 Å². The van der Waals surface area contributed by atoms with Gasteiger partial charge in [0.05, 0.1) is 16.7 Å². The molecule has 2 aromatic heterocycles. The predicted octanol–water partition coefficient (Wildman–Crippen LogP) is 8.30. The second-order valence-electron chi connectivity index (χ2n) is 7.79. The number of hydrogen-bond acceptors (Lipinski definition) is 1. The van der Waals surface area contributed by atoms with Crippen molar-refractivity contribution in [2.45, 2.75) is 0 Å². The molecule has 2 heterocycles. The van der Waals surface area contributed by atoms with Gasteiger partial charge in [-0.3, -0.25) is 0 Å². The molecule has 0 saturated carbocycles. The van der Waals surface area contributed by atoms with E-state index in [4.69, 9.17) is 0 Å². The molecule has 1 nitrogen and oxygen atoms in total. The number of aromatic nitrogens is 1. The SMILES string of the molecule is c1ccc2c(-n3c4ccccc4c4c5sc6ccccc6c5ccc43)cccc2c1. The highest BCUT2D eigenvalue weighted by Crippen LogP contribution is 2.43. The Morgan fingerprint density at radius 1 is 0.500 bits per heavy atom. The van der Waals surface area contributed by atoms with Crippen molar-refractivity contribution in [2.24, 2.45) is 0 Å². The van der Waals surface area contributed by atoms with Gasteiger partial charge in [-0.1, -0.05) is 78.9 Å². The maximum absolute atomic E-state index is 2.44. The Morgan fingerprint density at radius 3 is 2.17 bits per heavy atom. The van der Waals surface area contributed by atoms with Crippen LogP contribution in [0.1, 0.15) is 0 Å². The maximum atomic E-state index is 2.44. The first-order valence-electron chi connectivity index (χ1n) is 10.2. The lowest BCUT2D eigenvalue weighted by Gasteiger charge is -2.11. The zero-order valence-electron chi connectivity index (χ0n) is 16.2. The molecule has 30 heavy (non-hydrogen) atoms. The molecule has 0 fully saturated rings. The van der Waals surface area contributed by atoms with Crippen LogP contribution >= 0.6 is 11.3 Å². The summed E-state index contributed by atoms with van der Waals surface area (Å²) in [5.41, 5.74) is 3.76. The molecule has 2 heteroatoms. The third kappa shape index (κ3) is 2.06. The van der Waals surface area contributed by atoms with E-state index in [0.717, 1.165) is 0 Å². The van der Waals surface area contributed by atoms with Crippen LogP contribution in [0, 0.1) is 0 Å². The normalized spacial score (nSPS) is 12.0. The lowest BCUT2D eigenvalue weighted by atomic mass is 10.1. The van der Waals surface area contributed by atoms with Crippen molar-refractivity contribution in [3.63, 3.8) is 0 Å². The van der Waals surface area contributed by atoms with Crippen LogP contribution in [0.4, 0.5) is 0 Å².